The first-order valence-electron chi connectivity index (χ1n) is 10.3. The Labute approximate surface area is 181 Å². The molecule has 0 aliphatic heterocycles. The third kappa shape index (κ3) is 3.31. The number of amides is 1. The van der Waals surface area contributed by atoms with Crippen molar-refractivity contribution >= 4 is 17.1 Å². The highest BCUT2D eigenvalue weighted by atomic mass is 16.1. The van der Waals surface area contributed by atoms with Gasteiger partial charge in [-0.15, -0.1) is 0 Å². The van der Waals surface area contributed by atoms with E-state index in [0.717, 1.165) is 29.5 Å². The molecule has 0 radical (unpaired) electrons. The van der Waals surface area contributed by atoms with Crippen LogP contribution in [-0.2, 0) is 0 Å². The van der Waals surface area contributed by atoms with E-state index in [1.165, 1.54) is 6.20 Å². The number of nitrogens with one attached hydrogen (secondary N) is 2. The van der Waals surface area contributed by atoms with Gasteiger partial charge in [0.2, 0.25) is 0 Å². The molecule has 8 heteroatoms. The lowest BCUT2D eigenvalue weighted by molar-refractivity contribution is 0.100. The number of rotatable bonds is 5. The summed E-state index contributed by atoms with van der Waals surface area (Å²) in [6.07, 6.45) is 7.03. The van der Waals surface area contributed by atoms with Gasteiger partial charge < -0.3 is 16.4 Å². The maximum absolute atomic E-state index is 12.2. The maximum Gasteiger partial charge on any atom is 0.252 e. The minimum absolute atomic E-state index is 0.0256. The molecule has 1 aliphatic rings. The van der Waals surface area contributed by atoms with Crippen molar-refractivity contribution in [3.8, 4) is 17.2 Å². The summed E-state index contributed by atoms with van der Waals surface area (Å²) in [5, 5.41) is 20.5. The summed E-state index contributed by atoms with van der Waals surface area (Å²) in [5.74, 6) is -0.521. The number of nitriles is 1. The monoisotopic (exact) mass is 417 g/mol. The molecule has 1 aliphatic carbocycles. The normalized spacial score (nSPS) is 22.4. The molecule has 2 atom stereocenters. The average Bonchev–Trinajstić information content (AvgIpc) is 3.29. The van der Waals surface area contributed by atoms with Crippen molar-refractivity contribution in [3.05, 3.63) is 48.0 Å². The van der Waals surface area contributed by atoms with Crippen LogP contribution in [-0.4, -0.2) is 39.1 Å². The van der Waals surface area contributed by atoms with E-state index in [1.54, 1.807) is 16.8 Å². The van der Waals surface area contributed by atoms with Gasteiger partial charge in [0.05, 0.1) is 23.0 Å². The molecule has 1 unspecified atom stereocenters. The van der Waals surface area contributed by atoms with Gasteiger partial charge in [0.15, 0.2) is 0 Å². The molecule has 1 saturated carbocycles. The molecule has 0 bridgehead atoms. The van der Waals surface area contributed by atoms with Gasteiger partial charge in [-0.2, -0.15) is 10.4 Å². The topological polar surface area (TPSA) is 121 Å². The lowest BCUT2D eigenvalue weighted by Crippen LogP contribution is -2.53. The standard InChI is InChI=1S/C23H27N7O/c1-22(2)19(7-8-23(22,3)26-4)29-20-17(21(25)31)12-28-30-13-15(9-18(20)30)14-5-6-16(10-24)27-11-14/h5-6,9,11-13,19,26,29H,7-8H2,1-4H3,(H2,25,31)/t19-,23?/m1/s1. The smallest absolute Gasteiger partial charge is 0.252 e. The third-order valence-corrected chi connectivity index (χ3v) is 7.21. The Hall–Kier alpha value is -3.44. The fourth-order valence-corrected chi connectivity index (χ4v) is 4.56. The minimum Gasteiger partial charge on any atom is -0.379 e. The molecule has 3 heterocycles. The zero-order chi connectivity index (χ0) is 22.4. The number of anilines is 1. The highest BCUT2D eigenvalue weighted by Gasteiger charge is 2.51. The van der Waals surface area contributed by atoms with Gasteiger partial charge in [0, 0.05) is 40.5 Å². The second kappa shape index (κ2) is 7.36. The quantitative estimate of drug-likeness (QED) is 0.587. The van der Waals surface area contributed by atoms with Crippen LogP contribution in [0.25, 0.3) is 16.6 Å². The van der Waals surface area contributed by atoms with Gasteiger partial charge in [-0.3, -0.25) is 4.79 Å². The van der Waals surface area contributed by atoms with Gasteiger partial charge in [0.25, 0.3) is 5.91 Å². The Balaban J connectivity index is 1.79. The van der Waals surface area contributed by atoms with Crippen LogP contribution in [0.2, 0.25) is 0 Å². The summed E-state index contributed by atoms with van der Waals surface area (Å²) in [4.78, 5) is 16.4. The summed E-state index contributed by atoms with van der Waals surface area (Å²) in [7, 11) is 1.99. The van der Waals surface area contributed by atoms with Crippen molar-refractivity contribution in [1.82, 2.24) is 19.9 Å². The fourth-order valence-electron chi connectivity index (χ4n) is 4.56. The first kappa shape index (κ1) is 20.8. The van der Waals surface area contributed by atoms with Gasteiger partial charge in [0.1, 0.15) is 11.8 Å². The molecule has 0 aromatic carbocycles. The molecule has 1 fully saturated rings. The predicted octanol–water partition coefficient (Wildman–Crippen LogP) is 2.95. The largest absolute Gasteiger partial charge is 0.379 e. The number of primary amides is 1. The van der Waals surface area contributed by atoms with E-state index >= 15 is 0 Å². The van der Waals surface area contributed by atoms with Crippen LogP contribution >= 0.6 is 0 Å². The molecular weight excluding hydrogens is 390 g/mol. The lowest BCUT2D eigenvalue weighted by atomic mass is 9.74. The van der Waals surface area contributed by atoms with Crippen molar-refractivity contribution in [2.24, 2.45) is 11.1 Å². The van der Waals surface area contributed by atoms with Crippen molar-refractivity contribution in [2.75, 3.05) is 12.4 Å². The van der Waals surface area contributed by atoms with Gasteiger partial charge in [-0.25, -0.2) is 9.50 Å². The number of pyridine rings is 1. The van der Waals surface area contributed by atoms with E-state index in [1.807, 2.05) is 31.4 Å². The van der Waals surface area contributed by atoms with Crippen LogP contribution in [0.4, 0.5) is 5.69 Å². The van der Waals surface area contributed by atoms with Gasteiger partial charge in [-0.05, 0) is 45.0 Å². The summed E-state index contributed by atoms with van der Waals surface area (Å²) in [5.41, 5.74) is 9.54. The Morgan fingerprint density at radius 1 is 1.29 bits per heavy atom. The zero-order valence-corrected chi connectivity index (χ0v) is 18.2. The second-order valence-electron chi connectivity index (χ2n) is 8.94. The minimum atomic E-state index is -0.521. The first-order chi connectivity index (χ1) is 14.7. The molecule has 0 saturated heterocycles. The van der Waals surface area contributed by atoms with Crippen molar-refractivity contribution in [1.29, 1.82) is 5.26 Å². The number of carbonyl (C=O) groups excluding carboxylic acids is 1. The first-order valence-corrected chi connectivity index (χ1v) is 10.3. The Morgan fingerprint density at radius 2 is 2.06 bits per heavy atom. The van der Waals surface area contributed by atoms with Crippen molar-refractivity contribution in [3.63, 3.8) is 0 Å². The molecule has 1 amide bonds. The van der Waals surface area contributed by atoms with Crippen LogP contribution in [0.15, 0.2) is 36.8 Å². The molecule has 0 spiro atoms. The number of carbonyl (C=O) groups is 1. The van der Waals surface area contributed by atoms with Gasteiger partial charge in [-0.1, -0.05) is 13.8 Å². The summed E-state index contributed by atoms with van der Waals surface area (Å²) >= 11 is 0. The summed E-state index contributed by atoms with van der Waals surface area (Å²) < 4.78 is 1.74. The Kier molecular flexibility index (Phi) is 4.94. The predicted molar refractivity (Wildman–Crippen MR) is 120 cm³/mol. The van der Waals surface area contributed by atoms with Crippen LogP contribution in [0, 0.1) is 16.7 Å². The molecule has 160 valence electrons. The van der Waals surface area contributed by atoms with E-state index < -0.39 is 5.91 Å². The van der Waals surface area contributed by atoms with E-state index in [-0.39, 0.29) is 17.0 Å². The maximum atomic E-state index is 12.2. The van der Waals surface area contributed by atoms with Crippen LogP contribution in [0.1, 0.15) is 49.7 Å². The lowest BCUT2D eigenvalue weighted by Gasteiger charge is -2.42. The number of hydrogen-bond acceptors (Lipinski definition) is 6. The average molecular weight is 418 g/mol. The van der Waals surface area contributed by atoms with Crippen LogP contribution < -0.4 is 16.4 Å². The van der Waals surface area contributed by atoms with Crippen molar-refractivity contribution in [2.45, 2.75) is 45.2 Å². The molecule has 3 aromatic rings. The van der Waals surface area contributed by atoms with Crippen LogP contribution in [0.3, 0.4) is 0 Å². The molecular formula is C23H27N7O. The van der Waals surface area contributed by atoms with Gasteiger partial charge >= 0.3 is 0 Å². The summed E-state index contributed by atoms with van der Waals surface area (Å²) in [6, 6.07) is 7.66. The number of nitrogens with two attached hydrogens (primary N) is 1. The number of fused-ring (bicyclic) bond motifs is 1. The molecule has 4 rings (SSSR count). The number of hydrogen-bond donors (Lipinski definition) is 3. The van der Waals surface area contributed by atoms with E-state index in [0.29, 0.717) is 16.9 Å². The Morgan fingerprint density at radius 3 is 2.65 bits per heavy atom. The third-order valence-electron chi connectivity index (χ3n) is 7.21. The van der Waals surface area contributed by atoms with E-state index in [9.17, 15) is 4.79 Å². The molecule has 4 N–H and O–H groups in total. The Bertz CT molecular complexity index is 1190. The number of nitrogens with zero attached hydrogens (tertiary/aromatic N) is 4. The van der Waals surface area contributed by atoms with Crippen LogP contribution in [0.5, 0.6) is 0 Å². The molecule has 31 heavy (non-hydrogen) atoms. The zero-order valence-electron chi connectivity index (χ0n) is 18.2. The SMILES string of the molecule is CNC1(C)CC[C@@H](Nc2c(C(N)=O)cnn3cc(-c4ccc(C#N)nc4)cc23)C1(C)C. The second-order valence-corrected chi connectivity index (χ2v) is 8.94. The molecule has 3 aromatic heterocycles. The van der Waals surface area contributed by atoms with E-state index in [2.05, 4.69) is 41.5 Å². The summed E-state index contributed by atoms with van der Waals surface area (Å²) in [6.45, 7) is 6.71. The van der Waals surface area contributed by atoms with Crippen molar-refractivity contribution < 1.29 is 4.79 Å². The molecule has 8 nitrogen and oxygen atoms in total. The highest BCUT2D eigenvalue weighted by Crippen LogP contribution is 2.47. The van der Waals surface area contributed by atoms with E-state index in [4.69, 9.17) is 11.0 Å². The highest BCUT2D eigenvalue weighted by molar-refractivity contribution is 6.02. The number of aromatic nitrogens is 3. The fraction of sp³-hybridized carbons (Fsp3) is 0.391.